The van der Waals surface area contributed by atoms with E-state index >= 15 is 0 Å². The number of rotatable bonds is 5. The lowest BCUT2D eigenvalue weighted by molar-refractivity contribution is 0.0798. The first-order chi connectivity index (χ1) is 7.85. The zero-order chi connectivity index (χ0) is 11.4. The van der Waals surface area contributed by atoms with Crippen molar-refractivity contribution in [3.05, 3.63) is 24.2 Å². The Hall–Kier alpha value is -0.800. The van der Waals surface area contributed by atoms with Crippen LogP contribution in [0.1, 0.15) is 44.4 Å². The van der Waals surface area contributed by atoms with Crippen LogP contribution >= 0.6 is 0 Å². The maximum absolute atomic E-state index is 5.49. The SMILES string of the molecule is CCC(NC1CCCC1OC)c1ccco1. The zero-order valence-electron chi connectivity index (χ0n) is 10.1. The molecule has 0 amide bonds. The molecule has 0 saturated heterocycles. The quantitative estimate of drug-likeness (QED) is 0.833. The molecule has 0 aliphatic heterocycles. The van der Waals surface area contributed by atoms with E-state index in [-0.39, 0.29) is 0 Å². The molecule has 0 aromatic carbocycles. The van der Waals surface area contributed by atoms with Crippen LogP contribution in [0, 0.1) is 0 Å². The molecule has 16 heavy (non-hydrogen) atoms. The molecule has 1 aliphatic carbocycles. The van der Waals surface area contributed by atoms with E-state index in [0.29, 0.717) is 18.2 Å². The summed E-state index contributed by atoms with van der Waals surface area (Å²) in [6.07, 6.45) is 6.77. The van der Waals surface area contributed by atoms with Gasteiger partial charge in [0, 0.05) is 13.2 Å². The van der Waals surface area contributed by atoms with Crippen molar-refractivity contribution >= 4 is 0 Å². The van der Waals surface area contributed by atoms with E-state index in [1.54, 1.807) is 13.4 Å². The molecule has 1 heterocycles. The summed E-state index contributed by atoms with van der Waals surface area (Å²) < 4.78 is 11.0. The van der Waals surface area contributed by atoms with Gasteiger partial charge in [-0.15, -0.1) is 0 Å². The summed E-state index contributed by atoms with van der Waals surface area (Å²) in [5.74, 6) is 1.03. The topological polar surface area (TPSA) is 34.4 Å². The Bertz CT molecular complexity index is 297. The van der Waals surface area contributed by atoms with Crippen LogP contribution in [0.4, 0.5) is 0 Å². The highest BCUT2D eigenvalue weighted by Gasteiger charge is 2.29. The van der Waals surface area contributed by atoms with Crippen molar-refractivity contribution in [2.45, 2.75) is 50.8 Å². The number of nitrogens with one attached hydrogen (secondary N) is 1. The molecule has 3 atom stereocenters. The summed E-state index contributed by atoms with van der Waals surface area (Å²) in [6, 6.07) is 4.77. The van der Waals surface area contributed by atoms with Crippen molar-refractivity contribution in [1.29, 1.82) is 0 Å². The lowest BCUT2D eigenvalue weighted by Crippen LogP contribution is -2.38. The Kier molecular flexibility index (Phi) is 4.02. The van der Waals surface area contributed by atoms with Crippen LogP contribution in [0.5, 0.6) is 0 Å². The first kappa shape index (κ1) is 11.7. The first-order valence-electron chi connectivity index (χ1n) is 6.17. The number of methoxy groups -OCH3 is 1. The van der Waals surface area contributed by atoms with Crippen LogP contribution in [0.25, 0.3) is 0 Å². The molecule has 0 radical (unpaired) electrons. The lowest BCUT2D eigenvalue weighted by atomic mass is 10.1. The molecular formula is C13H21NO2. The van der Waals surface area contributed by atoms with E-state index in [4.69, 9.17) is 9.15 Å². The van der Waals surface area contributed by atoms with E-state index in [0.717, 1.165) is 12.2 Å². The smallest absolute Gasteiger partial charge is 0.120 e. The van der Waals surface area contributed by atoms with Crippen molar-refractivity contribution in [2.75, 3.05) is 7.11 Å². The average molecular weight is 223 g/mol. The van der Waals surface area contributed by atoms with Crippen LogP contribution in [-0.4, -0.2) is 19.3 Å². The van der Waals surface area contributed by atoms with Gasteiger partial charge < -0.3 is 14.5 Å². The van der Waals surface area contributed by atoms with Crippen LogP contribution in [0.2, 0.25) is 0 Å². The van der Waals surface area contributed by atoms with Gasteiger partial charge in [-0.05, 0) is 37.8 Å². The van der Waals surface area contributed by atoms with Gasteiger partial charge in [-0.1, -0.05) is 6.92 Å². The van der Waals surface area contributed by atoms with E-state index < -0.39 is 0 Å². The van der Waals surface area contributed by atoms with E-state index in [9.17, 15) is 0 Å². The maximum Gasteiger partial charge on any atom is 0.120 e. The molecule has 0 spiro atoms. The van der Waals surface area contributed by atoms with Gasteiger partial charge >= 0.3 is 0 Å². The van der Waals surface area contributed by atoms with Gasteiger partial charge in [-0.2, -0.15) is 0 Å². The molecule has 2 rings (SSSR count). The average Bonchev–Trinajstić information content (AvgIpc) is 2.96. The van der Waals surface area contributed by atoms with Crippen molar-refractivity contribution in [2.24, 2.45) is 0 Å². The van der Waals surface area contributed by atoms with E-state index in [2.05, 4.69) is 12.2 Å². The third kappa shape index (κ3) is 2.47. The van der Waals surface area contributed by atoms with Gasteiger partial charge in [0.05, 0.1) is 18.4 Å². The van der Waals surface area contributed by atoms with E-state index in [1.807, 2.05) is 12.1 Å². The van der Waals surface area contributed by atoms with Gasteiger partial charge in [0.1, 0.15) is 5.76 Å². The second-order valence-electron chi connectivity index (χ2n) is 4.45. The minimum absolute atomic E-state index is 0.316. The number of furan rings is 1. The number of ether oxygens (including phenoxy) is 1. The molecule has 3 unspecified atom stereocenters. The molecule has 90 valence electrons. The molecule has 1 N–H and O–H groups in total. The second-order valence-corrected chi connectivity index (χ2v) is 4.45. The maximum atomic E-state index is 5.49. The molecule has 3 nitrogen and oxygen atoms in total. The summed E-state index contributed by atoms with van der Waals surface area (Å²) in [5.41, 5.74) is 0. The van der Waals surface area contributed by atoms with Gasteiger partial charge in [0.2, 0.25) is 0 Å². The minimum Gasteiger partial charge on any atom is -0.468 e. The fraction of sp³-hybridized carbons (Fsp3) is 0.692. The Morgan fingerprint density at radius 2 is 2.44 bits per heavy atom. The highest BCUT2D eigenvalue weighted by molar-refractivity contribution is 5.05. The predicted molar refractivity (Wildman–Crippen MR) is 63.3 cm³/mol. The van der Waals surface area contributed by atoms with E-state index in [1.165, 1.54) is 19.3 Å². The van der Waals surface area contributed by atoms with Gasteiger partial charge in [-0.3, -0.25) is 0 Å². The van der Waals surface area contributed by atoms with Crippen LogP contribution in [0.3, 0.4) is 0 Å². The van der Waals surface area contributed by atoms with Crippen molar-refractivity contribution < 1.29 is 9.15 Å². The van der Waals surface area contributed by atoms with Crippen molar-refractivity contribution in [3.8, 4) is 0 Å². The van der Waals surface area contributed by atoms with Gasteiger partial charge in [-0.25, -0.2) is 0 Å². The Balaban J connectivity index is 1.96. The van der Waals surface area contributed by atoms with Crippen molar-refractivity contribution in [1.82, 2.24) is 5.32 Å². The minimum atomic E-state index is 0.316. The Morgan fingerprint density at radius 3 is 3.06 bits per heavy atom. The molecule has 1 saturated carbocycles. The highest BCUT2D eigenvalue weighted by Crippen LogP contribution is 2.26. The van der Waals surface area contributed by atoms with Crippen LogP contribution < -0.4 is 5.32 Å². The van der Waals surface area contributed by atoms with Gasteiger partial charge in [0.15, 0.2) is 0 Å². The molecule has 1 aromatic rings. The molecular weight excluding hydrogens is 202 g/mol. The number of hydrogen-bond acceptors (Lipinski definition) is 3. The summed E-state index contributed by atoms with van der Waals surface area (Å²) in [6.45, 7) is 2.18. The molecule has 1 aliphatic rings. The third-order valence-electron chi connectivity index (χ3n) is 3.47. The largest absolute Gasteiger partial charge is 0.468 e. The summed E-state index contributed by atoms with van der Waals surface area (Å²) in [5, 5.41) is 3.65. The van der Waals surface area contributed by atoms with Gasteiger partial charge in [0.25, 0.3) is 0 Å². The Morgan fingerprint density at radius 1 is 1.56 bits per heavy atom. The van der Waals surface area contributed by atoms with Crippen LogP contribution in [-0.2, 0) is 4.74 Å². The second kappa shape index (κ2) is 5.51. The van der Waals surface area contributed by atoms with Crippen LogP contribution in [0.15, 0.2) is 22.8 Å². The predicted octanol–water partition coefficient (Wildman–Crippen LogP) is 2.89. The normalized spacial score (nSPS) is 27.1. The number of hydrogen-bond donors (Lipinski definition) is 1. The Labute approximate surface area is 97.2 Å². The highest BCUT2D eigenvalue weighted by atomic mass is 16.5. The fourth-order valence-electron chi connectivity index (χ4n) is 2.55. The lowest BCUT2D eigenvalue weighted by Gasteiger charge is -2.24. The summed E-state index contributed by atoms with van der Waals surface area (Å²) in [7, 11) is 1.80. The molecule has 0 bridgehead atoms. The summed E-state index contributed by atoms with van der Waals surface area (Å²) >= 11 is 0. The summed E-state index contributed by atoms with van der Waals surface area (Å²) in [4.78, 5) is 0. The molecule has 1 aromatic heterocycles. The third-order valence-corrected chi connectivity index (χ3v) is 3.47. The fourth-order valence-corrected chi connectivity index (χ4v) is 2.55. The molecule has 1 fully saturated rings. The standard InChI is InChI=1S/C13H21NO2/c1-3-10(13-8-5-9-16-13)14-11-6-4-7-12(11)15-2/h5,8-12,14H,3-4,6-7H2,1-2H3. The monoisotopic (exact) mass is 223 g/mol. The van der Waals surface area contributed by atoms with Crippen molar-refractivity contribution in [3.63, 3.8) is 0 Å². The zero-order valence-corrected chi connectivity index (χ0v) is 10.1. The molecule has 3 heteroatoms. The first-order valence-corrected chi connectivity index (χ1v) is 6.17.